The number of ether oxygens (including phenoxy) is 1. The van der Waals surface area contributed by atoms with Crippen LogP contribution >= 0.6 is 0 Å². The average molecular weight is 209 g/mol. The van der Waals surface area contributed by atoms with E-state index >= 15 is 0 Å². The highest BCUT2D eigenvalue weighted by molar-refractivity contribution is 5.23. The Morgan fingerprint density at radius 1 is 1.40 bits per heavy atom. The van der Waals surface area contributed by atoms with Crippen LogP contribution in [0.5, 0.6) is 0 Å². The van der Waals surface area contributed by atoms with E-state index in [9.17, 15) is 0 Å². The van der Waals surface area contributed by atoms with Crippen molar-refractivity contribution in [3.8, 4) is 0 Å². The van der Waals surface area contributed by atoms with Gasteiger partial charge in [-0.15, -0.1) is 0 Å². The van der Waals surface area contributed by atoms with Crippen molar-refractivity contribution in [2.45, 2.75) is 33.2 Å². The van der Waals surface area contributed by atoms with Gasteiger partial charge in [-0.25, -0.2) is 0 Å². The topological polar surface area (TPSA) is 61.0 Å². The Morgan fingerprint density at radius 3 is 2.80 bits per heavy atom. The summed E-state index contributed by atoms with van der Waals surface area (Å²) in [6, 6.07) is 1.87. The zero-order valence-electron chi connectivity index (χ0n) is 9.66. The van der Waals surface area contributed by atoms with Gasteiger partial charge in [0.1, 0.15) is 0 Å². The number of aromatic nitrogens is 2. The zero-order chi connectivity index (χ0) is 11.3. The van der Waals surface area contributed by atoms with Crippen molar-refractivity contribution in [3.05, 3.63) is 23.0 Å². The molecule has 0 radical (unpaired) electrons. The number of aryl methyl sites for hydroxylation is 2. The first-order chi connectivity index (χ1) is 7.15. The number of nitrogens with zero attached hydrogens (tertiary/aromatic N) is 2. The molecule has 15 heavy (non-hydrogen) atoms. The van der Waals surface area contributed by atoms with Gasteiger partial charge in [0.25, 0.3) is 0 Å². The zero-order valence-corrected chi connectivity index (χ0v) is 9.66. The highest BCUT2D eigenvalue weighted by atomic mass is 16.5. The molecule has 1 aromatic rings. The Labute approximate surface area is 90.8 Å². The van der Waals surface area contributed by atoms with E-state index in [-0.39, 0.29) is 6.04 Å². The summed E-state index contributed by atoms with van der Waals surface area (Å²) >= 11 is 0. The monoisotopic (exact) mass is 209 g/mol. The van der Waals surface area contributed by atoms with E-state index in [1.165, 1.54) is 0 Å². The van der Waals surface area contributed by atoms with E-state index < -0.39 is 0 Å². The van der Waals surface area contributed by atoms with Gasteiger partial charge >= 0.3 is 0 Å². The van der Waals surface area contributed by atoms with Crippen LogP contribution in [0.25, 0.3) is 0 Å². The van der Waals surface area contributed by atoms with Crippen molar-refractivity contribution < 1.29 is 4.74 Å². The van der Waals surface area contributed by atoms with Gasteiger partial charge < -0.3 is 10.5 Å². The second kappa shape index (κ2) is 5.78. The molecule has 4 heteroatoms. The fraction of sp³-hybridized carbons (Fsp3) is 0.636. The minimum Gasteiger partial charge on any atom is -0.379 e. The van der Waals surface area contributed by atoms with Crippen LogP contribution in [0.3, 0.4) is 0 Å². The maximum Gasteiger partial charge on any atom is 0.0660 e. The molecule has 0 saturated heterocycles. The van der Waals surface area contributed by atoms with Gasteiger partial charge in [-0.1, -0.05) is 6.92 Å². The molecule has 0 aromatic carbocycles. The molecular weight excluding hydrogens is 190 g/mol. The van der Waals surface area contributed by atoms with Crippen LogP contribution in [0.15, 0.2) is 6.07 Å². The Bertz CT molecular complexity index is 315. The molecule has 1 atom stereocenters. The average Bonchev–Trinajstić information content (AvgIpc) is 2.22. The van der Waals surface area contributed by atoms with Gasteiger partial charge in [0.2, 0.25) is 0 Å². The molecule has 84 valence electrons. The third-order valence-electron chi connectivity index (χ3n) is 2.19. The van der Waals surface area contributed by atoms with Crippen LogP contribution in [0.2, 0.25) is 0 Å². The van der Waals surface area contributed by atoms with Crippen LogP contribution in [0, 0.1) is 13.8 Å². The van der Waals surface area contributed by atoms with Crippen molar-refractivity contribution in [2.24, 2.45) is 5.73 Å². The normalized spacial score (nSPS) is 12.8. The molecule has 0 bridgehead atoms. The summed E-state index contributed by atoms with van der Waals surface area (Å²) in [6.07, 6.45) is 1.01. The van der Waals surface area contributed by atoms with Crippen LogP contribution in [0.4, 0.5) is 0 Å². The number of hydrogen-bond acceptors (Lipinski definition) is 4. The summed E-state index contributed by atoms with van der Waals surface area (Å²) in [4.78, 5) is 0. The maximum absolute atomic E-state index is 6.01. The first-order valence-corrected chi connectivity index (χ1v) is 5.29. The number of rotatable bonds is 5. The van der Waals surface area contributed by atoms with Crippen molar-refractivity contribution in [3.63, 3.8) is 0 Å². The molecule has 0 aliphatic carbocycles. The second-order valence-corrected chi connectivity index (χ2v) is 3.71. The molecule has 1 unspecified atom stereocenters. The van der Waals surface area contributed by atoms with Crippen molar-refractivity contribution >= 4 is 0 Å². The Balaban J connectivity index is 2.64. The Morgan fingerprint density at radius 2 is 2.13 bits per heavy atom. The Hall–Kier alpha value is -1.00. The number of nitrogens with two attached hydrogens (primary N) is 1. The summed E-state index contributed by atoms with van der Waals surface area (Å²) in [5.41, 5.74) is 8.81. The van der Waals surface area contributed by atoms with Gasteiger partial charge in [-0.3, -0.25) is 0 Å². The Kier molecular flexibility index (Phi) is 4.65. The highest BCUT2D eigenvalue weighted by Gasteiger charge is 2.10. The standard InChI is InChI=1S/C11H19N3O/c1-4-5-15-7-11(12)10-6-8(2)13-14-9(10)3/h6,11H,4-5,7,12H2,1-3H3. The van der Waals surface area contributed by atoms with E-state index in [0.717, 1.165) is 30.0 Å². The molecule has 0 spiro atoms. The van der Waals surface area contributed by atoms with Gasteiger partial charge in [0.15, 0.2) is 0 Å². The predicted molar refractivity (Wildman–Crippen MR) is 59.5 cm³/mol. The molecule has 0 fully saturated rings. The van der Waals surface area contributed by atoms with Crippen molar-refractivity contribution in [1.82, 2.24) is 10.2 Å². The summed E-state index contributed by atoms with van der Waals surface area (Å²) in [5.74, 6) is 0. The molecule has 0 aliphatic heterocycles. The van der Waals surface area contributed by atoms with Crippen LogP contribution < -0.4 is 5.73 Å². The first-order valence-electron chi connectivity index (χ1n) is 5.29. The van der Waals surface area contributed by atoms with E-state index in [4.69, 9.17) is 10.5 Å². The van der Waals surface area contributed by atoms with E-state index in [2.05, 4.69) is 17.1 Å². The fourth-order valence-electron chi connectivity index (χ4n) is 1.39. The third kappa shape index (κ3) is 3.57. The molecule has 0 saturated carbocycles. The smallest absolute Gasteiger partial charge is 0.0660 e. The van der Waals surface area contributed by atoms with Crippen molar-refractivity contribution in [2.75, 3.05) is 13.2 Å². The summed E-state index contributed by atoms with van der Waals surface area (Å²) < 4.78 is 5.42. The van der Waals surface area contributed by atoms with Crippen LogP contribution in [-0.4, -0.2) is 23.4 Å². The molecule has 0 amide bonds. The second-order valence-electron chi connectivity index (χ2n) is 3.71. The quantitative estimate of drug-likeness (QED) is 0.747. The SMILES string of the molecule is CCCOCC(N)c1cc(C)nnc1C. The van der Waals surface area contributed by atoms with E-state index in [1.807, 2.05) is 19.9 Å². The largest absolute Gasteiger partial charge is 0.379 e. The van der Waals surface area contributed by atoms with Gasteiger partial charge in [-0.05, 0) is 31.9 Å². The lowest BCUT2D eigenvalue weighted by atomic mass is 10.1. The van der Waals surface area contributed by atoms with E-state index in [1.54, 1.807) is 0 Å². The third-order valence-corrected chi connectivity index (χ3v) is 2.19. The number of hydrogen-bond donors (Lipinski definition) is 1. The minimum absolute atomic E-state index is 0.106. The van der Waals surface area contributed by atoms with Crippen LogP contribution in [-0.2, 0) is 4.74 Å². The summed E-state index contributed by atoms with van der Waals surface area (Å²) in [7, 11) is 0. The molecule has 1 heterocycles. The maximum atomic E-state index is 6.01. The predicted octanol–water partition coefficient (Wildman–Crippen LogP) is 1.52. The summed E-state index contributed by atoms with van der Waals surface area (Å²) in [6.45, 7) is 7.20. The van der Waals surface area contributed by atoms with Gasteiger partial charge in [-0.2, -0.15) is 10.2 Å². The van der Waals surface area contributed by atoms with Gasteiger partial charge in [0.05, 0.1) is 24.0 Å². The highest BCUT2D eigenvalue weighted by Crippen LogP contribution is 2.14. The molecule has 1 aromatic heterocycles. The molecule has 4 nitrogen and oxygen atoms in total. The fourth-order valence-corrected chi connectivity index (χ4v) is 1.39. The van der Waals surface area contributed by atoms with Crippen molar-refractivity contribution in [1.29, 1.82) is 0 Å². The van der Waals surface area contributed by atoms with Crippen LogP contribution in [0.1, 0.15) is 36.3 Å². The molecule has 1 rings (SSSR count). The lowest BCUT2D eigenvalue weighted by Gasteiger charge is -2.14. The minimum atomic E-state index is -0.106. The lowest BCUT2D eigenvalue weighted by molar-refractivity contribution is 0.121. The summed E-state index contributed by atoms with van der Waals surface area (Å²) in [5, 5.41) is 8.01. The molecule has 2 N–H and O–H groups in total. The lowest BCUT2D eigenvalue weighted by Crippen LogP contribution is -2.19. The van der Waals surface area contributed by atoms with Gasteiger partial charge in [0, 0.05) is 6.61 Å². The molecule has 0 aliphatic rings. The first kappa shape index (κ1) is 12.1. The molecular formula is C11H19N3O. The van der Waals surface area contributed by atoms with E-state index in [0.29, 0.717) is 6.61 Å².